The summed E-state index contributed by atoms with van der Waals surface area (Å²) in [6, 6.07) is 14.1. The molecule has 0 bridgehead atoms. The Morgan fingerprint density at radius 2 is 1.82 bits per heavy atom. The van der Waals surface area contributed by atoms with Crippen LogP contribution in [0.5, 0.6) is 11.5 Å². The molecule has 1 N–H and O–H groups in total. The van der Waals surface area contributed by atoms with E-state index in [-0.39, 0.29) is 5.69 Å². The second kappa shape index (κ2) is 9.47. The lowest BCUT2D eigenvalue weighted by Crippen LogP contribution is -2.17. The van der Waals surface area contributed by atoms with Gasteiger partial charge in [0.05, 0.1) is 11.4 Å². The van der Waals surface area contributed by atoms with Crippen molar-refractivity contribution in [2.45, 2.75) is 10.9 Å². The predicted molar refractivity (Wildman–Crippen MR) is 123 cm³/mol. The number of thioether (sulfide) groups is 1. The van der Waals surface area contributed by atoms with Crippen molar-refractivity contribution in [3.8, 4) is 17.2 Å². The van der Waals surface area contributed by atoms with Gasteiger partial charge in [-0.05, 0) is 42.5 Å². The third-order valence-electron chi connectivity index (χ3n) is 4.73. The number of halogens is 1. The average molecular weight is 481 g/mol. The molecule has 0 atom stereocenters. The second-order valence-corrected chi connectivity index (χ2v) is 8.28. The Labute approximate surface area is 198 Å². The van der Waals surface area contributed by atoms with E-state index in [4.69, 9.17) is 21.1 Å². The van der Waals surface area contributed by atoms with Gasteiger partial charge in [0.1, 0.15) is 13.2 Å². The first-order valence-corrected chi connectivity index (χ1v) is 11.3. The molecule has 11 heteroatoms. The van der Waals surface area contributed by atoms with Crippen molar-refractivity contribution in [3.05, 3.63) is 77.3 Å². The number of nitrogens with one attached hydrogen (secondary N) is 1. The quantitative estimate of drug-likeness (QED) is 0.326. The van der Waals surface area contributed by atoms with E-state index in [0.29, 0.717) is 52.0 Å². The van der Waals surface area contributed by atoms with Crippen molar-refractivity contribution in [2.24, 2.45) is 0 Å². The van der Waals surface area contributed by atoms with Gasteiger partial charge in [-0.3, -0.25) is 4.79 Å². The van der Waals surface area contributed by atoms with Gasteiger partial charge in [0.2, 0.25) is 0 Å². The van der Waals surface area contributed by atoms with Crippen LogP contribution in [0, 0.1) is 0 Å². The zero-order valence-corrected chi connectivity index (χ0v) is 18.7. The highest BCUT2D eigenvalue weighted by atomic mass is 35.5. The molecule has 0 unspecified atom stereocenters. The lowest BCUT2D eigenvalue weighted by molar-refractivity contribution is 0.102. The molecule has 33 heavy (non-hydrogen) atoms. The van der Waals surface area contributed by atoms with Crippen LogP contribution in [0.1, 0.15) is 16.2 Å². The van der Waals surface area contributed by atoms with Gasteiger partial charge in [0.25, 0.3) is 5.91 Å². The zero-order valence-electron chi connectivity index (χ0n) is 17.1. The van der Waals surface area contributed by atoms with Crippen molar-refractivity contribution in [1.82, 2.24) is 25.0 Å². The van der Waals surface area contributed by atoms with Crippen LogP contribution in [0.2, 0.25) is 5.02 Å². The molecule has 0 fully saturated rings. The summed E-state index contributed by atoms with van der Waals surface area (Å²) in [5.74, 6) is 1.22. The van der Waals surface area contributed by atoms with E-state index in [1.54, 1.807) is 53.5 Å². The molecule has 2 aromatic carbocycles. The summed E-state index contributed by atoms with van der Waals surface area (Å²) in [7, 11) is 0. The monoisotopic (exact) mass is 480 g/mol. The first kappa shape index (κ1) is 21.2. The van der Waals surface area contributed by atoms with Crippen molar-refractivity contribution in [1.29, 1.82) is 0 Å². The van der Waals surface area contributed by atoms with Gasteiger partial charge in [-0.25, -0.2) is 14.6 Å². The second-order valence-electron chi connectivity index (χ2n) is 6.91. The van der Waals surface area contributed by atoms with E-state index >= 15 is 0 Å². The van der Waals surface area contributed by atoms with Crippen LogP contribution in [0.4, 0.5) is 5.69 Å². The van der Waals surface area contributed by atoms with Gasteiger partial charge >= 0.3 is 0 Å². The number of amides is 1. The summed E-state index contributed by atoms with van der Waals surface area (Å²) in [5.41, 5.74) is 2.10. The van der Waals surface area contributed by atoms with Crippen LogP contribution in [-0.4, -0.2) is 44.1 Å². The van der Waals surface area contributed by atoms with E-state index in [1.165, 1.54) is 11.8 Å². The highest BCUT2D eigenvalue weighted by Gasteiger charge is 2.22. The van der Waals surface area contributed by atoms with E-state index in [9.17, 15) is 4.79 Å². The largest absolute Gasteiger partial charge is 0.486 e. The minimum atomic E-state index is -0.392. The van der Waals surface area contributed by atoms with Crippen LogP contribution in [0.3, 0.4) is 0 Å². The normalized spacial score (nSPS) is 12.4. The number of fused-ring (bicyclic) bond motifs is 1. The smallest absolute Gasteiger partial charge is 0.278 e. The molecular weight excluding hydrogens is 464 g/mol. The van der Waals surface area contributed by atoms with Crippen LogP contribution in [0.25, 0.3) is 5.69 Å². The van der Waals surface area contributed by atoms with Crippen LogP contribution in [-0.2, 0) is 5.75 Å². The summed E-state index contributed by atoms with van der Waals surface area (Å²) in [5, 5.41) is 12.4. The van der Waals surface area contributed by atoms with E-state index in [1.807, 2.05) is 12.1 Å². The average Bonchev–Trinajstić information content (AvgIpc) is 3.28. The third-order valence-corrected chi connectivity index (χ3v) is 5.87. The fourth-order valence-corrected chi connectivity index (χ4v) is 4.12. The predicted octanol–water partition coefficient (Wildman–Crippen LogP) is 4.03. The summed E-state index contributed by atoms with van der Waals surface area (Å²) in [6.45, 7) is 0.960. The zero-order chi connectivity index (χ0) is 22.6. The Hall–Kier alpha value is -3.63. The molecule has 0 saturated heterocycles. The molecule has 5 rings (SSSR count). The highest BCUT2D eigenvalue weighted by molar-refractivity contribution is 7.98. The minimum absolute atomic E-state index is 0.197. The number of aromatic nitrogens is 5. The Balaban J connectivity index is 1.44. The molecule has 0 radical (unpaired) electrons. The number of carbonyl (C=O) groups is 1. The maximum absolute atomic E-state index is 13.2. The summed E-state index contributed by atoms with van der Waals surface area (Å²) in [6.07, 6.45) is 3.33. The maximum Gasteiger partial charge on any atom is 0.278 e. The molecule has 0 aliphatic carbocycles. The molecule has 1 aliphatic heterocycles. The van der Waals surface area contributed by atoms with Crippen molar-refractivity contribution >= 4 is 35.0 Å². The van der Waals surface area contributed by atoms with Gasteiger partial charge < -0.3 is 14.8 Å². The van der Waals surface area contributed by atoms with Crippen LogP contribution in [0.15, 0.2) is 66.1 Å². The SMILES string of the molecule is O=C(Nc1ccc2c(c1)OCCO2)c1nnn(-c2ccc(Cl)cc2)c1CSc1ncccn1. The number of ether oxygens (including phenoxy) is 2. The molecule has 9 nitrogen and oxygen atoms in total. The molecule has 4 aromatic rings. The number of benzene rings is 2. The molecular formula is C22H17ClN6O3S. The highest BCUT2D eigenvalue weighted by Crippen LogP contribution is 2.33. The van der Waals surface area contributed by atoms with Crippen molar-refractivity contribution < 1.29 is 14.3 Å². The standard InChI is InChI=1S/C22H17ClN6O3S/c23-14-2-5-16(6-3-14)29-17(13-33-22-24-8-1-9-25-22)20(27-28-29)21(30)26-15-4-7-18-19(12-15)32-11-10-31-18/h1-9,12H,10-11,13H2,(H,26,30). The van der Waals surface area contributed by atoms with Gasteiger partial charge in [0, 0.05) is 34.9 Å². The molecule has 166 valence electrons. The van der Waals surface area contributed by atoms with Crippen molar-refractivity contribution in [2.75, 3.05) is 18.5 Å². The molecule has 1 amide bonds. The van der Waals surface area contributed by atoms with Crippen LogP contribution < -0.4 is 14.8 Å². The summed E-state index contributed by atoms with van der Waals surface area (Å²) >= 11 is 7.41. The topological polar surface area (TPSA) is 104 Å². The molecule has 2 aromatic heterocycles. The summed E-state index contributed by atoms with van der Waals surface area (Å²) < 4.78 is 12.7. The van der Waals surface area contributed by atoms with Crippen molar-refractivity contribution in [3.63, 3.8) is 0 Å². The molecule has 1 aliphatic rings. The van der Waals surface area contributed by atoms with E-state index in [0.717, 1.165) is 5.69 Å². The first-order valence-electron chi connectivity index (χ1n) is 9.99. The fourth-order valence-electron chi connectivity index (χ4n) is 3.20. The summed E-state index contributed by atoms with van der Waals surface area (Å²) in [4.78, 5) is 21.6. The number of carbonyl (C=O) groups excluding carboxylic acids is 1. The van der Waals surface area contributed by atoms with E-state index in [2.05, 4.69) is 25.6 Å². The Morgan fingerprint density at radius 1 is 1.06 bits per heavy atom. The Kier molecular flexibility index (Phi) is 6.09. The minimum Gasteiger partial charge on any atom is -0.486 e. The third kappa shape index (κ3) is 4.76. The fraction of sp³-hybridized carbons (Fsp3) is 0.136. The lowest BCUT2D eigenvalue weighted by atomic mass is 10.2. The maximum atomic E-state index is 13.2. The lowest BCUT2D eigenvalue weighted by Gasteiger charge is -2.18. The number of nitrogens with zero attached hydrogens (tertiary/aromatic N) is 5. The number of hydrogen-bond donors (Lipinski definition) is 1. The molecule has 0 spiro atoms. The molecule has 3 heterocycles. The van der Waals surface area contributed by atoms with E-state index < -0.39 is 5.91 Å². The van der Waals surface area contributed by atoms with Gasteiger partial charge in [0.15, 0.2) is 22.3 Å². The first-order chi connectivity index (χ1) is 16.2. The van der Waals surface area contributed by atoms with Gasteiger partial charge in [-0.15, -0.1) is 5.10 Å². The Morgan fingerprint density at radius 3 is 2.61 bits per heavy atom. The number of hydrogen-bond acceptors (Lipinski definition) is 8. The Bertz CT molecular complexity index is 1280. The number of anilines is 1. The molecule has 0 saturated carbocycles. The van der Waals surface area contributed by atoms with Gasteiger partial charge in [-0.1, -0.05) is 28.6 Å². The number of rotatable bonds is 6. The van der Waals surface area contributed by atoms with Gasteiger partial charge in [-0.2, -0.15) is 0 Å². The van der Waals surface area contributed by atoms with Crippen LogP contribution >= 0.6 is 23.4 Å².